The molecular weight excluding hydrogens is 382 g/mol. The maximum atomic E-state index is 12.3. The number of carbonyl (C=O) groups excluding carboxylic acids is 1. The van der Waals surface area contributed by atoms with Crippen molar-refractivity contribution in [1.82, 2.24) is 19.6 Å². The zero-order valence-corrected chi connectivity index (χ0v) is 16.3. The van der Waals surface area contributed by atoms with E-state index in [1.165, 1.54) is 16.9 Å². The summed E-state index contributed by atoms with van der Waals surface area (Å²) < 4.78 is 3.24. The molecule has 9 heteroatoms. The maximum Gasteiger partial charge on any atom is 0.356 e. The summed E-state index contributed by atoms with van der Waals surface area (Å²) in [6.45, 7) is 4.51. The van der Waals surface area contributed by atoms with E-state index >= 15 is 0 Å². The van der Waals surface area contributed by atoms with Crippen molar-refractivity contribution in [3.63, 3.8) is 0 Å². The van der Waals surface area contributed by atoms with E-state index in [0.29, 0.717) is 22.9 Å². The quantitative estimate of drug-likeness (QED) is 0.633. The lowest BCUT2D eigenvalue weighted by molar-refractivity contribution is -0.116. The number of carboxylic acid groups (broad SMARTS) is 1. The van der Waals surface area contributed by atoms with Gasteiger partial charge in [-0.25, -0.2) is 4.79 Å². The van der Waals surface area contributed by atoms with Crippen LogP contribution in [0.2, 0.25) is 5.02 Å². The van der Waals surface area contributed by atoms with Gasteiger partial charge in [0.05, 0.1) is 23.6 Å². The van der Waals surface area contributed by atoms with Gasteiger partial charge in [0.2, 0.25) is 5.91 Å². The van der Waals surface area contributed by atoms with Gasteiger partial charge >= 0.3 is 5.97 Å². The SMILES string of the molecule is Cc1nn(Cc2ccccc2Cl)c(C)c1NC(=O)CCn1ccc(C(=O)O)n1. The first-order chi connectivity index (χ1) is 13.3. The van der Waals surface area contributed by atoms with Gasteiger partial charge in [0.15, 0.2) is 5.69 Å². The molecule has 0 saturated heterocycles. The maximum absolute atomic E-state index is 12.3. The lowest BCUT2D eigenvalue weighted by Gasteiger charge is -2.08. The molecule has 146 valence electrons. The van der Waals surface area contributed by atoms with Gasteiger partial charge in [0, 0.05) is 24.2 Å². The highest BCUT2D eigenvalue weighted by Crippen LogP contribution is 2.23. The van der Waals surface area contributed by atoms with Gasteiger partial charge in [-0.05, 0) is 31.5 Å². The highest BCUT2D eigenvalue weighted by atomic mass is 35.5. The van der Waals surface area contributed by atoms with Crippen molar-refractivity contribution in [2.24, 2.45) is 0 Å². The first-order valence-electron chi connectivity index (χ1n) is 8.69. The minimum absolute atomic E-state index is 0.0482. The first kappa shape index (κ1) is 19.6. The van der Waals surface area contributed by atoms with Crippen LogP contribution in [0.25, 0.3) is 0 Å². The Kier molecular flexibility index (Phi) is 5.79. The Balaban J connectivity index is 1.65. The van der Waals surface area contributed by atoms with E-state index in [2.05, 4.69) is 15.5 Å². The Morgan fingerprint density at radius 1 is 1.18 bits per heavy atom. The number of hydrogen-bond donors (Lipinski definition) is 2. The second-order valence-electron chi connectivity index (χ2n) is 6.36. The standard InChI is InChI=1S/C19H20ClN5O3/c1-12-18(13(2)25(22-12)11-14-5-3-4-6-15(14)20)21-17(26)8-10-24-9-7-16(23-24)19(27)28/h3-7,9H,8,10-11H2,1-2H3,(H,21,26)(H,27,28). The number of halogens is 1. The molecule has 28 heavy (non-hydrogen) atoms. The number of aromatic carboxylic acids is 1. The molecule has 3 rings (SSSR count). The Morgan fingerprint density at radius 2 is 1.93 bits per heavy atom. The number of benzene rings is 1. The Labute approximate surface area is 166 Å². The molecule has 2 heterocycles. The van der Waals surface area contributed by atoms with E-state index in [4.69, 9.17) is 16.7 Å². The van der Waals surface area contributed by atoms with Crippen LogP contribution in [-0.4, -0.2) is 36.5 Å². The summed E-state index contributed by atoms with van der Waals surface area (Å²) in [5.74, 6) is -1.30. The number of carbonyl (C=O) groups is 2. The molecule has 1 amide bonds. The molecule has 0 saturated carbocycles. The molecule has 1 aromatic carbocycles. The normalized spacial score (nSPS) is 10.8. The molecule has 0 radical (unpaired) electrons. The van der Waals surface area contributed by atoms with Gasteiger partial charge in [-0.15, -0.1) is 0 Å². The average molecular weight is 402 g/mol. The zero-order chi connectivity index (χ0) is 20.3. The number of hydrogen-bond acceptors (Lipinski definition) is 4. The van der Waals surface area contributed by atoms with Gasteiger partial charge in [0.25, 0.3) is 0 Å². The Morgan fingerprint density at radius 3 is 2.61 bits per heavy atom. The molecule has 0 spiro atoms. The highest BCUT2D eigenvalue weighted by Gasteiger charge is 2.15. The molecule has 3 aromatic rings. The van der Waals surface area contributed by atoms with Crippen molar-refractivity contribution in [2.75, 3.05) is 5.32 Å². The molecule has 0 aliphatic rings. The van der Waals surface area contributed by atoms with Gasteiger partial charge in [-0.1, -0.05) is 29.8 Å². The molecule has 0 aliphatic carbocycles. The number of nitrogens with one attached hydrogen (secondary N) is 1. The van der Waals surface area contributed by atoms with E-state index in [1.807, 2.05) is 38.1 Å². The van der Waals surface area contributed by atoms with E-state index < -0.39 is 5.97 Å². The van der Waals surface area contributed by atoms with Gasteiger partial charge in [-0.3, -0.25) is 14.2 Å². The summed E-state index contributed by atoms with van der Waals surface area (Å²) in [6.07, 6.45) is 1.70. The topological polar surface area (TPSA) is 102 Å². The summed E-state index contributed by atoms with van der Waals surface area (Å²) in [5, 5.41) is 20.8. The third kappa shape index (κ3) is 4.40. The number of carboxylic acids is 1. The van der Waals surface area contributed by atoms with Crippen LogP contribution in [-0.2, 0) is 17.9 Å². The van der Waals surface area contributed by atoms with Crippen molar-refractivity contribution in [3.8, 4) is 0 Å². The lowest BCUT2D eigenvalue weighted by Crippen LogP contribution is -2.16. The van der Waals surface area contributed by atoms with Gasteiger partial charge in [-0.2, -0.15) is 10.2 Å². The largest absolute Gasteiger partial charge is 0.476 e. The second kappa shape index (κ2) is 8.26. The van der Waals surface area contributed by atoms with Crippen LogP contribution in [0.15, 0.2) is 36.5 Å². The molecule has 0 unspecified atom stereocenters. The molecule has 2 N–H and O–H groups in total. The smallest absolute Gasteiger partial charge is 0.356 e. The van der Waals surface area contributed by atoms with Crippen molar-refractivity contribution in [3.05, 3.63) is 64.2 Å². The molecule has 0 aliphatic heterocycles. The van der Waals surface area contributed by atoms with Crippen molar-refractivity contribution >= 4 is 29.2 Å². The van der Waals surface area contributed by atoms with Crippen LogP contribution in [0.3, 0.4) is 0 Å². The van der Waals surface area contributed by atoms with E-state index in [9.17, 15) is 9.59 Å². The van der Waals surface area contributed by atoms with Crippen molar-refractivity contribution in [2.45, 2.75) is 33.4 Å². The van der Waals surface area contributed by atoms with Crippen molar-refractivity contribution in [1.29, 1.82) is 0 Å². The minimum atomic E-state index is -1.10. The monoisotopic (exact) mass is 401 g/mol. The predicted octanol–water partition coefficient (Wildman–Crippen LogP) is 3.13. The number of aromatic nitrogens is 4. The summed E-state index contributed by atoms with van der Waals surface area (Å²) in [7, 11) is 0. The fourth-order valence-electron chi connectivity index (χ4n) is 2.84. The fourth-order valence-corrected chi connectivity index (χ4v) is 3.03. The first-order valence-corrected chi connectivity index (χ1v) is 9.07. The Bertz CT molecular complexity index is 1020. The summed E-state index contributed by atoms with van der Waals surface area (Å²) >= 11 is 6.22. The fraction of sp³-hybridized carbons (Fsp3) is 0.263. The second-order valence-corrected chi connectivity index (χ2v) is 6.77. The van der Waals surface area contributed by atoms with Crippen LogP contribution in [0.1, 0.15) is 33.9 Å². The van der Waals surface area contributed by atoms with E-state index in [-0.39, 0.29) is 24.6 Å². The number of rotatable bonds is 7. The van der Waals surface area contributed by atoms with Crippen LogP contribution in [0.4, 0.5) is 5.69 Å². The average Bonchev–Trinajstić information content (AvgIpc) is 3.23. The van der Waals surface area contributed by atoms with Crippen LogP contribution in [0.5, 0.6) is 0 Å². The molecule has 0 fully saturated rings. The van der Waals surface area contributed by atoms with Crippen LogP contribution >= 0.6 is 11.6 Å². The summed E-state index contributed by atoms with van der Waals surface area (Å²) in [5.41, 5.74) is 3.11. The summed E-state index contributed by atoms with van der Waals surface area (Å²) in [6, 6.07) is 8.95. The highest BCUT2D eigenvalue weighted by molar-refractivity contribution is 6.31. The molecule has 2 aromatic heterocycles. The number of anilines is 1. The number of amides is 1. The molecule has 8 nitrogen and oxygen atoms in total. The molecule has 0 atom stereocenters. The third-order valence-corrected chi connectivity index (χ3v) is 4.72. The Hall–Kier alpha value is -3.13. The molecular formula is C19H20ClN5O3. The zero-order valence-electron chi connectivity index (χ0n) is 15.5. The predicted molar refractivity (Wildman–Crippen MR) is 105 cm³/mol. The van der Waals surface area contributed by atoms with E-state index in [0.717, 1.165) is 11.3 Å². The number of aryl methyl sites for hydroxylation is 2. The number of nitrogens with zero attached hydrogens (tertiary/aromatic N) is 4. The molecule has 0 bridgehead atoms. The van der Waals surface area contributed by atoms with Gasteiger partial charge in [0.1, 0.15) is 0 Å². The van der Waals surface area contributed by atoms with E-state index in [1.54, 1.807) is 4.68 Å². The summed E-state index contributed by atoms with van der Waals surface area (Å²) in [4.78, 5) is 23.2. The van der Waals surface area contributed by atoms with Crippen LogP contribution in [0, 0.1) is 13.8 Å². The third-order valence-electron chi connectivity index (χ3n) is 4.35. The lowest BCUT2D eigenvalue weighted by atomic mass is 10.2. The van der Waals surface area contributed by atoms with Gasteiger partial charge < -0.3 is 10.4 Å². The van der Waals surface area contributed by atoms with Crippen molar-refractivity contribution < 1.29 is 14.7 Å². The minimum Gasteiger partial charge on any atom is -0.476 e. The van der Waals surface area contributed by atoms with Crippen LogP contribution < -0.4 is 5.32 Å².